The highest BCUT2D eigenvalue weighted by atomic mass is 32.1. The number of rotatable bonds is 5. The van der Waals surface area contributed by atoms with Crippen LogP contribution in [0.4, 0.5) is 5.69 Å². The highest BCUT2D eigenvalue weighted by Gasteiger charge is 2.10. The van der Waals surface area contributed by atoms with Crippen LogP contribution < -0.4 is 11.1 Å². The Morgan fingerprint density at radius 2 is 2.23 bits per heavy atom. The minimum absolute atomic E-state index is 0.477. The van der Waals surface area contributed by atoms with Crippen molar-refractivity contribution in [2.24, 2.45) is 10.7 Å². The summed E-state index contributed by atoms with van der Waals surface area (Å²) in [6.45, 7) is 2.81. The second-order valence-corrected chi connectivity index (χ2v) is 6.75. The molecule has 1 aromatic carbocycles. The summed E-state index contributed by atoms with van der Waals surface area (Å²) in [5.41, 5.74) is 9.91. The van der Waals surface area contributed by atoms with Crippen molar-refractivity contribution in [2.45, 2.75) is 39.0 Å². The second-order valence-electron chi connectivity index (χ2n) is 5.55. The van der Waals surface area contributed by atoms with Crippen LogP contribution in [0, 0.1) is 0 Å². The fraction of sp³-hybridized carbons (Fsp3) is 0.412. The van der Waals surface area contributed by atoms with Gasteiger partial charge in [-0.25, -0.2) is 4.98 Å². The van der Waals surface area contributed by atoms with E-state index in [1.54, 1.807) is 11.3 Å². The van der Waals surface area contributed by atoms with Gasteiger partial charge in [-0.1, -0.05) is 13.0 Å². The number of nitrogens with one attached hydrogen (secondary N) is 1. The summed E-state index contributed by atoms with van der Waals surface area (Å²) >= 11 is 1.76. The molecule has 0 saturated heterocycles. The molecule has 0 fully saturated rings. The maximum absolute atomic E-state index is 5.97. The van der Waals surface area contributed by atoms with E-state index in [2.05, 4.69) is 40.4 Å². The Kier molecular flexibility index (Phi) is 4.73. The van der Waals surface area contributed by atoms with Gasteiger partial charge >= 0.3 is 0 Å². The van der Waals surface area contributed by atoms with Crippen molar-refractivity contribution in [1.82, 2.24) is 4.98 Å². The summed E-state index contributed by atoms with van der Waals surface area (Å²) in [6.07, 6.45) is 7.48. The molecule has 22 heavy (non-hydrogen) atoms. The van der Waals surface area contributed by atoms with Crippen LogP contribution in [0.15, 0.2) is 29.4 Å². The van der Waals surface area contributed by atoms with Gasteiger partial charge in [-0.15, -0.1) is 11.3 Å². The van der Waals surface area contributed by atoms with Crippen LogP contribution in [-0.2, 0) is 25.7 Å². The molecule has 0 saturated carbocycles. The molecule has 0 amide bonds. The Labute approximate surface area is 135 Å². The summed E-state index contributed by atoms with van der Waals surface area (Å²) in [6, 6.07) is 6.47. The van der Waals surface area contributed by atoms with Crippen LogP contribution in [-0.4, -0.2) is 17.5 Å². The molecule has 0 unspecified atom stereocenters. The molecule has 0 aliphatic heterocycles. The SMILES string of the molecule is CCc1cnc(CCN=C(N)Nc2ccc3c(c2)CCC3)s1. The van der Waals surface area contributed by atoms with Crippen molar-refractivity contribution < 1.29 is 0 Å². The summed E-state index contributed by atoms with van der Waals surface area (Å²) in [4.78, 5) is 10.1. The third kappa shape index (κ3) is 3.65. The lowest BCUT2D eigenvalue weighted by Crippen LogP contribution is -2.23. The molecule has 1 aliphatic rings. The molecule has 3 N–H and O–H groups in total. The molecule has 0 radical (unpaired) electrons. The standard InChI is InChI=1S/C17H22N4S/c1-2-15-11-20-16(22-15)8-9-19-17(18)21-14-7-6-12-4-3-5-13(12)10-14/h6-7,10-11H,2-5,8-9H2,1H3,(H3,18,19,21). The van der Waals surface area contributed by atoms with Gasteiger partial charge in [-0.3, -0.25) is 4.99 Å². The molecule has 0 atom stereocenters. The maximum Gasteiger partial charge on any atom is 0.193 e. The Morgan fingerprint density at radius 3 is 3.05 bits per heavy atom. The predicted molar refractivity (Wildman–Crippen MR) is 93.8 cm³/mol. The first kappa shape index (κ1) is 15.0. The Balaban J connectivity index is 1.53. The maximum atomic E-state index is 5.97. The topological polar surface area (TPSA) is 63.3 Å². The summed E-state index contributed by atoms with van der Waals surface area (Å²) in [5.74, 6) is 0.477. The third-order valence-electron chi connectivity index (χ3n) is 3.93. The molecule has 1 heterocycles. The Morgan fingerprint density at radius 1 is 1.36 bits per heavy atom. The van der Waals surface area contributed by atoms with Crippen LogP contribution >= 0.6 is 11.3 Å². The molecule has 0 bridgehead atoms. The van der Waals surface area contributed by atoms with Gasteiger partial charge in [-0.2, -0.15) is 0 Å². The molecule has 4 nitrogen and oxygen atoms in total. The number of nitrogens with two attached hydrogens (primary N) is 1. The number of hydrogen-bond donors (Lipinski definition) is 2. The molecule has 0 spiro atoms. The Hall–Kier alpha value is -1.88. The lowest BCUT2D eigenvalue weighted by atomic mass is 10.1. The number of thiazole rings is 1. The first-order valence-corrected chi connectivity index (χ1v) is 8.68. The molecule has 3 rings (SSSR count). The number of aryl methyl sites for hydroxylation is 3. The van der Waals surface area contributed by atoms with Gasteiger partial charge in [0.1, 0.15) is 0 Å². The average molecular weight is 314 g/mol. The molecule has 2 aromatic rings. The van der Waals surface area contributed by atoms with Gasteiger partial charge in [0.2, 0.25) is 0 Å². The van der Waals surface area contributed by atoms with Gasteiger partial charge < -0.3 is 11.1 Å². The predicted octanol–water partition coefficient (Wildman–Crippen LogP) is 3.16. The van der Waals surface area contributed by atoms with Crippen molar-refractivity contribution >= 4 is 23.0 Å². The molecular weight excluding hydrogens is 292 g/mol. The highest BCUT2D eigenvalue weighted by Crippen LogP contribution is 2.24. The van der Waals surface area contributed by atoms with E-state index in [0.717, 1.165) is 23.5 Å². The average Bonchev–Trinajstić information content (AvgIpc) is 3.15. The number of fused-ring (bicyclic) bond motifs is 1. The van der Waals surface area contributed by atoms with Crippen molar-refractivity contribution in [2.75, 3.05) is 11.9 Å². The first-order chi connectivity index (χ1) is 10.7. The molecule has 116 valence electrons. The van der Waals surface area contributed by atoms with Crippen molar-refractivity contribution in [1.29, 1.82) is 0 Å². The first-order valence-electron chi connectivity index (χ1n) is 7.87. The molecule has 5 heteroatoms. The fourth-order valence-electron chi connectivity index (χ4n) is 2.74. The smallest absolute Gasteiger partial charge is 0.193 e. The van der Waals surface area contributed by atoms with E-state index in [1.165, 1.54) is 35.3 Å². The zero-order chi connectivity index (χ0) is 15.4. The van der Waals surface area contributed by atoms with Crippen LogP contribution in [0.5, 0.6) is 0 Å². The van der Waals surface area contributed by atoms with E-state index in [1.807, 2.05) is 6.20 Å². The largest absolute Gasteiger partial charge is 0.370 e. The van der Waals surface area contributed by atoms with Gasteiger partial charge in [0.05, 0.1) is 5.01 Å². The normalized spacial score (nSPS) is 14.1. The van der Waals surface area contributed by atoms with Crippen molar-refractivity contribution in [3.63, 3.8) is 0 Å². The van der Waals surface area contributed by atoms with E-state index < -0.39 is 0 Å². The zero-order valence-electron chi connectivity index (χ0n) is 12.9. The minimum Gasteiger partial charge on any atom is -0.370 e. The van der Waals surface area contributed by atoms with Crippen LogP contribution in [0.25, 0.3) is 0 Å². The van der Waals surface area contributed by atoms with Crippen LogP contribution in [0.1, 0.15) is 34.4 Å². The summed E-state index contributed by atoms with van der Waals surface area (Å²) in [5, 5.41) is 4.32. The number of nitrogens with zero attached hydrogens (tertiary/aromatic N) is 2. The number of benzene rings is 1. The number of guanidine groups is 1. The fourth-order valence-corrected chi connectivity index (χ4v) is 3.59. The highest BCUT2D eigenvalue weighted by molar-refractivity contribution is 7.11. The third-order valence-corrected chi connectivity index (χ3v) is 5.13. The van der Waals surface area contributed by atoms with Gasteiger partial charge in [0.15, 0.2) is 5.96 Å². The summed E-state index contributed by atoms with van der Waals surface area (Å²) < 4.78 is 0. The quantitative estimate of drug-likeness (QED) is 0.658. The van der Waals surface area contributed by atoms with Gasteiger partial charge in [-0.05, 0) is 48.9 Å². The number of aromatic nitrogens is 1. The van der Waals surface area contributed by atoms with E-state index in [0.29, 0.717) is 12.5 Å². The van der Waals surface area contributed by atoms with Gasteiger partial charge in [0, 0.05) is 29.7 Å². The van der Waals surface area contributed by atoms with Gasteiger partial charge in [0.25, 0.3) is 0 Å². The minimum atomic E-state index is 0.477. The lowest BCUT2D eigenvalue weighted by molar-refractivity contribution is 0.912. The van der Waals surface area contributed by atoms with Crippen LogP contribution in [0.3, 0.4) is 0 Å². The molecule has 1 aliphatic carbocycles. The lowest BCUT2D eigenvalue weighted by Gasteiger charge is -2.07. The van der Waals surface area contributed by atoms with Crippen molar-refractivity contribution in [3.05, 3.63) is 45.4 Å². The monoisotopic (exact) mass is 314 g/mol. The van der Waals surface area contributed by atoms with E-state index >= 15 is 0 Å². The van der Waals surface area contributed by atoms with E-state index in [-0.39, 0.29) is 0 Å². The second kappa shape index (κ2) is 6.92. The summed E-state index contributed by atoms with van der Waals surface area (Å²) in [7, 11) is 0. The number of aliphatic imine (C=N–C) groups is 1. The zero-order valence-corrected chi connectivity index (χ0v) is 13.7. The van der Waals surface area contributed by atoms with E-state index in [4.69, 9.17) is 5.73 Å². The number of hydrogen-bond acceptors (Lipinski definition) is 3. The molecule has 1 aromatic heterocycles. The Bertz CT molecular complexity index is 675. The van der Waals surface area contributed by atoms with Crippen LogP contribution in [0.2, 0.25) is 0 Å². The van der Waals surface area contributed by atoms with Crippen molar-refractivity contribution in [3.8, 4) is 0 Å². The van der Waals surface area contributed by atoms with E-state index in [9.17, 15) is 0 Å². The molecular formula is C17H22N4S. The number of anilines is 1.